The lowest BCUT2D eigenvalue weighted by Crippen LogP contribution is -2.19. The molecular weight excluding hydrogens is 233 g/mol. The van der Waals surface area contributed by atoms with Gasteiger partial charge in [-0.15, -0.1) is 5.10 Å². The Balaban J connectivity index is 1.69. The van der Waals surface area contributed by atoms with Gasteiger partial charge in [-0.25, -0.2) is 9.07 Å². The molecule has 1 fully saturated rings. The second-order valence-corrected chi connectivity index (χ2v) is 4.54. The first kappa shape index (κ1) is 11.3. The van der Waals surface area contributed by atoms with Crippen LogP contribution in [0.2, 0.25) is 0 Å². The highest BCUT2D eigenvalue weighted by atomic mass is 19.1. The van der Waals surface area contributed by atoms with E-state index >= 15 is 0 Å². The largest absolute Gasteiger partial charge is 0.307 e. The van der Waals surface area contributed by atoms with Crippen LogP contribution < -0.4 is 5.32 Å². The van der Waals surface area contributed by atoms with E-state index in [2.05, 4.69) is 20.8 Å². The molecule has 0 radical (unpaired) electrons. The van der Waals surface area contributed by atoms with Crippen LogP contribution in [0, 0.1) is 5.82 Å². The summed E-state index contributed by atoms with van der Waals surface area (Å²) in [6.07, 6.45) is 2.46. The normalized spacial score (nSPS) is 14.9. The van der Waals surface area contributed by atoms with Crippen LogP contribution in [-0.4, -0.2) is 26.2 Å². The predicted molar refractivity (Wildman–Crippen MR) is 63.2 cm³/mol. The minimum absolute atomic E-state index is 0.238. The van der Waals surface area contributed by atoms with E-state index in [1.54, 1.807) is 10.7 Å². The Hall–Kier alpha value is -1.82. The number of hydrogen-bond donors (Lipinski definition) is 1. The Bertz CT molecular complexity index is 535. The van der Waals surface area contributed by atoms with E-state index in [0.717, 1.165) is 11.4 Å². The van der Waals surface area contributed by atoms with Crippen LogP contribution in [0.25, 0.3) is 0 Å². The first-order valence-corrected chi connectivity index (χ1v) is 6.04. The molecule has 0 amide bonds. The standard InChI is InChI=1S/C12H14FN5/c13-10-3-1-2-9(6-10)8-18-12(15-16-17-18)7-14-11-4-5-11/h1-3,6,11,14H,4-5,7-8H2. The van der Waals surface area contributed by atoms with Gasteiger partial charge in [-0.2, -0.15) is 0 Å². The van der Waals surface area contributed by atoms with Gasteiger partial charge in [0.1, 0.15) is 5.82 Å². The first-order chi connectivity index (χ1) is 8.81. The number of nitrogens with zero attached hydrogens (tertiary/aromatic N) is 4. The number of tetrazole rings is 1. The zero-order valence-corrected chi connectivity index (χ0v) is 9.88. The zero-order chi connectivity index (χ0) is 12.4. The maximum absolute atomic E-state index is 13.1. The molecule has 6 heteroatoms. The summed E-state index contributed by atoms with van der Waals surface area (Å²) >= 11 is 0. The third-order valence-corrected chi connectivity index (χ3v) is 2.95. The summed E-state index contributed by atoms with van der Waals surface area (Å²) in [5.41, 5.74) is 0.856. The molecule has 1 aromatic carbocycles. The molecule has 0 aliphatic heterocycles. The van der Waals surface area contributed by atoms with Crippen LogP contribution in [0.5, 0.6) is 0 Å². The van der Waals surface area contributed by atoms with E-state index in [4.69, 9.17) is 0 Å². The minimum atomic E-state index is -0.238. The third kappa shape index (κ3) is 2.70. The molecule has 1 N–H and O–H groups in total. The van der Waals surface area contributed by atoms with Crippen molar-refractivity contribution in [3.63, 3.8) is 0 Å². The van der Waals surface area contributed by atoms with Gasteiger partial charge in [0.05, 0.1) is 13.1 Å². The Morgan fingerprint density at radius 2 is 2.28 bits per heavy atom. The molecule has 1 aliphatic carbocycles. The Kier molecular flexibility index (Phi) is 3.02. The SMILES string of the molecule is Fc1cccc(Cn2nnnc2CNC2CC2)c1. The molecule has 1 aliphatic rings. The van der Waals surface area contributed by atoms with E-state index in [1.807, 2.05) is 6.07 Å². The smallest absolute Gasteiger partial charge is 0.165 e. The van der Waals surface area contributed by atoms with Crippen molar-refractivity contribution in [1.29, 1.82) is 0 Å². The summed E-state index contributed by atoms with van der Waals surface area (Å²) < 4.78 is 14.8. The molecular formula is C12H14FN5. The third-order valence-electron chi connectivity index (χ3n) is 2.95. The van der Waals surface area contributed by atoms with E-state index in [9.17, 15) is 4.39 Å². The fourth-order valence-corrected chi connectivity index (χ4v) is 1.80. The van der Waals surface area contributed by atoms with Gasteiger partial charge in [0.25, 0.3) is 0 Å². The summed E-state index contributed by atoms with van der Waals surface area (Å²) in [7, 11) is 0. The summed E-state index contributed by atoms with van der Waals surface area (Å²) in [5, 5.41) is 14.9. The molecule has 5 nitrogen and oxygen atoms in total. The van der Waals surface area contributed by atoms with Crippen molar-refractivity contribution in [2.75, 3.05) is 0 Å². The summed E-state index contributed by atoms with van der Waals surface area (Å²) in [6.45, 7) is 1.15. The van der Waals surface area contributed by atoms with Crippen molar-refractivity contribution < 1.29 is 4.39 Å². The summed E-state index contributed by atoms with van der Waals surface area (Å²) in [5.74, 6) is 0.546. The highest BCUT2D eigenvalue weighted by molar-refractivity contribution is 5.16. The van der Waals surface area contributed by atoms with E-state index < -0.39 is 0 Å². The highest BCUT2D eigenvalue weighted by Crippen LogP contribution is 2.19. The zero-order valence-electron chi connectivity index (χ0n) is 9.88. The molecule has 0 bridgehead atoms. The van der Waals surface area contributed by atoms with Gasteiger partial charge in [0.15, 0.2) is 5.82 Å². The lowest BCUT2D eigenvalue weighted by atomic mass is 10.2. The van der Waals surface area contributed by atoms with Crippen LogP contribution in [0.1, 0.15) is 24.2 Å². The quantitative estimate of drug-likeness (QED) is 0.860. The van der Waals surface area contributed by atoms with E-state index in [-0.39, 0.29) is 5.82 Å². The second kappa shape index (κ2) is 4.81. The maximum Gasteiger partial charge on any atom is 0.165 e. The van der Waals surface area contributed by atoms with Crippen LogP contribution in [0.3, 0.4) is 0 Å². The van der Waals surface area contributed by atoms with Gasteiger partial charge in [-0.05, 0) is 41.0 Å². The molecule has 94 valence electrons. The van der Waals surface area contributed by atoms with Crippen LogP contribution in [-0.2, 0) is 13.1 Å². The van der Waals surface area contributed by atoms with Crippen molar-refractivity contribution in [3.05, 3.63) is 41.5 Å². The number of benzene rings is 1. The fraction of sp³-hybridized carbons (Fsp3) is 0.417. The Morgan fingerprint density at radius 1 is 1.39 bits per heavy atom. The molecule has 2 aromatic rings. The van der Waals surface area contributed by atoms with E-state index in [0.29, 0.717) is 19.1 Å². The number of halogens is 1. The van der Waals surface area contributed by atoms with Crippen LogP contribution in [0.15, 0.2) is 24.3 Å². The topological polar surface area (TPSA) is 55.6 Å². The van der Waals surface area contributed by atoms with Gasteiger partial charge in [-0.1, -0.05) is 12.1 Å². The number of aromatic nitrogens is 4. The molecule has 18 heavy (non-hydrogen) atoms. The summed E-state index contributed by atoms with van der Waals surface area (Å²) in [6, 6.07) is 7.10. The summed E-state index contributed by atoms with van der Waals surface area (Å²) in [4.78, 5) is 0. The average Bonchev–Trinajstić information content (AvgIpc) is 3.08. The van der Waals surface area contributed by atoms with Crippen molar-refractivity contribution in [2.24, 2.45) is 0 Å². The van der Waals surface area contributed by atoms with Gasteiger partial charge < -0.3 is 5.32 Å². The Labute approximate surface area is 104 Å². The number of hydrogen-bond acceptors (Lipinski definition) is 4. The molecule has 1 aromatic heterocycles. The average molecular weight is 247 g/mol. The molecule has 0 atom stereocenters. The Morgan fingerprint density at radius 3 is 3.06 bits per heavy atom. The van der Waals surface area contributed by atoms with Crippen molar-refractivity contribution >= 4 is 0 Å². The van der Waals surface area contributed by atoms with E-state index in [1.165, 1.54) is 25.0 Å². The lowest BCUT2D eigenvalue weighted by Gasteiger charge is -2.05. The first-order valence-electron chi connectivity index (χ1n) is 6.04. The maximum atomic E-state index is 13.1. The van der Waals surface area contributed by atoms with Crippen molar-refractivity contribution in [1.82, 2.24) is 25.5 Å². The van der Waals surface area contributed by atoms with Gasteiger partial charge in [-0.3, -0.25) is 0 Å². The predicted octanol–water partition coefficient (Wildman–Crippen LogP) is 1.11. The molecule has 0 unspecified atom stereocenters. The highest BCUT2D eigenvalue weighted by Gasteiger charge is 2.21. The fourth-order valence-electron chi connectivity index (χ4n) is 1.80. The molecule has 1 heterocycles. The van der Waals surface area contributed by atoms with Crippen LogP contribution in [0.4, 0.5) is 4.39 Å². The van der Waals surface area contributed by atoms with Crippen molar-refractivity contribution in [2.45, 2.75) is 32.0 Å². The molecule has 3 rings (SSSR count). The minimum Gasteiger partial charge on any atom is -0.307 e. The lowest BCUT2D eigenvalue weighted by molar-refractivity contribution is 0.573. The van der Waals surface area contributed by atoms with Gasteiger partial charge in [0, 0.05) is 6.04 Å². The van der Waals surface area contributed by atoms with Gasteiger partial charge >= 0.3 is 0 Å². The number of rotatable bonds is 5. The molecule has 0 spiro atoms. The van der Waals surface area contributed by atoms with Crippen molar-refractivity contribution in [3.8, 4) is 0 Å². The second-order valence-electron chi connectivity index (χ2n) is 4.54. The number of nitrogens with one attached hydrogen (secondary N) is 1. The van der Waals surface area contributed by atoms with Gasteiger partial charge in [0.2, 0.25) is 0 Å². The molecule has 0 saturated heterocycles. The van der Waals surface area contributed by atoms with Crippen LogP contribution >= 0.6 is 0 Å². The molecule has 1 saturated carbocycles. The monoisotopic (exact) mass is 247 g/mol.